The van der Waals surface area contributed by atoms with Gasteiger partial charge in [-0.05, 0) is 36.2 Å². The van der Waals surface area contributed by atoms with E-state index in [1.165, 1.54) is 17.7 Å². The van der Waals surface area contributed by atoms with Crippen LogP contribution in [-0.2, 0) is 6.54 Å². The van der Waals surface area contributed by atoms with Crippen molar-refractivity contribution in [1.29, 1.82) is 0 Å². The molecule has 0 amide bonds. The van der Waals surface area contributed by atoms with Gasteiger partial charge >= 0.3 is 0 Å². The lowest BCUT2D eigenvalue weighted by Gasteiger charge is -2.36. The van der Waals surface area contributed by atoms with E-state index < -0.39 is 6.10 Å². The monoisotopic (exact) mass is 285 g/mol. The number of likely N-dealkylation sites (tertiary alicyclic amines) is 1. The van der Waals surface area contributed by atoms with E-state index in [-0.39, 0.29) is 11.7 Å². The van der Waals surface area contributed by atoms with E-state index in [2.05, 4.69) is 17.0 Å². The molecule has 21 heavy (non-hydrogen) atoms. The van der Waals surface area contributed by atoms with Gasteiger partial charge in [0.05, 0.1) is 6.10 Å². The summed E-state index contributed by atoms with van der Waals surface area (Å²) in [5, 5.41) is 10.4. The van der Waals surface area contributed by atoms with Crippen LogP contribution >= 0.6 is 0 Å². The number of halogens is 1. The zero-order chi connectivity index (χ0) is 14.7. The number of β-amino-alcohol motifs (C(OH)–C–C–N with tert-alkyl or cyclic N) is 1. The third kappa shape index (κ3) is 3.49. The summed E-state index contributed by atoms with van der Waals surface area (Å²) in [4.78, 5) is 2.28. The molecule has 0 aliphatic carbocycles. The second-order valence-electron chi connectivity index (χ2n) is 5.73. The molecule has 0 aromatic heterocycles. The van der Waals surface area contributed by atoms with Gasteiger partial charge in [-0.1, -0.05) is 42.5 Å². The summed E-state index contributed by atoms with van der Waals surface area (Å²) >= 11 is 0. The van der Waals surface area contributed by atoms with E-state index >= 15 is 0 Å². The first-order valence-corrected chi connectivity index (χ1v) is 7.42. The minimum atomic E-state index is -0.395. The topological polar surface area (TPSA) is 23.5 Å². The van der Waals surface area contributed by atoms with Gasteiger partial charge in [0.25, 0.3) is 0 Å². The van der Waals surface area contributed by atoms with Crippen LogP contribution in [0.15, 0.2) is 54.6 Å². The normalized spacial score (nSPS) is 23.1. The first-order chi connectivity index (χ1) is 10.2. The molecule has 0 saturated carbocycles. The molecule has 1 heterocycles. The summed E-state index contributed by atoms with van der Waals surface area (Å²) < 4.78 is 13.0. The van der Waals surface area contributed by atoms with Crippen LogP contribution in [0.2, 0.25) is 0 Å². The predicted octanol–water partition coefficient (Wildman–Crippen LogP) is 3.18. The van der Waals surface area contributed by atoms with Gasteiger partial charge in [-0.3, -0.25) is 4.90 Å². The van der Waals surface area contributed by atoms with Gasteiger partial charge in [0.2, 0.25) is 0 Å². The lowest BCUT2D eigenvalue weighted by atomic mass is 9.87. The number of hydrogen-bond donors (Lipinski definition) is 1. The fourth-order valence-electron chi connectivity index (χ4n) is 3.08. The molecule has 2 aromatic rings. The Morgan fingerprint density at radius 1 is 1.05 bits per heavy atom. The summed E-state index contributed by atoms with van der Waals surface area (Å²) in [6, 6.07) is 16.8. The molecule has 2 atom stereocenters. The smallest absolute Gasteiger partial charge is 0.123 e. The molecule has 2 nitrogen and oxygen atoms in total. The predicted molar refractivity (Wildman–Crippen MR) is 81.5 cm³/mol. The maximum Gasteiger partial charge on any atom is 0.123 e. The van der Waals surface area contributed by atoms with Crippen LogP contribution < -0.4 is 0 Å². The summed E-state index contributed by atoms with van der Waals surface area (Å²) in [5.74, 6) is -0.118. The average molecular weight is 285 g/mol. The Hall–Kier alpha value is -1.71. The Morgan fingerprint density at radius 2 is 1.76 bits per heavy atom. The molecule has 1 aliphatic heterocycles. The summed E-state index contributed by atoms with van der Waals surface area (Å²) in [6.07, 6.45) is 0.507. The lowest BCUT2D eigenvalue weighted by molar-refractivity contribution is 0.0476. The van der Waals surface area contributed by atoms with E-state index in [9.17, 15) is 9.50 Å². The lowest BCUT2D eigenvalue weighted by Crippen LogP contribution is -2.42. The highest BCUT2D eigenvalue weighted by Gasteiger charge is 2.28. The van der Waals surface area contributed by atoms with Gasteiger partial charge < -0.3 is 5.11 Å². The van der Waals surface area contributed by atoms with Gasteiger partial charge in [0, 0.05) is 19.0 Å². The highest BCUT2D eigenvalue weighted by atomic mass is 19.1. The zero-order valence-electron chi connectivity index (χ0n) is 12.0. The molecule has 1 N–H and O–H groups in total. The van der Waals surface area contributed by atoms with E-state index in [4.69, 9.17) is 0 Å². The van der Waals surface area contributed by atoms with Crippen molar-refractivity contribution in [3.05, 3.63) is 71.5 Å². The largest absolute Gasteiger partial charge is 0.391 e. The number of aliphatic hydroxyl groups is 1. The molecule has 1 saturated heterocycles. The molecule has 1 aliphatic rings. The third-order valence-corrected chi connectivity index (χ3v) is 4.21. The first kappa shape index (κ1) is 14.2. The van der Waals surface area contributed by atoms with Crippen molar-refractivity contribution in [2.45, 2.75) is 25.0 Å². The van der Waals surface area contributed by atoms with E-state index in [0.717, 1.165) is 25.1 Å². The Morgan fingerprint density at radius 3 is 2.43 bits per heavy atom. The average Bonchev–Trinajstić information content (AvgIpc) is 2.50. The molecule has 0 unspecified atom stereocenters. The van der Waals surface area contributed by atoms with Gasteiger partial charge in [0.15, 0.2) is 0 Å². The van der Waals surface area contributed by atoms with Crippen LogP contribution in [0, 0.1) is 5.82 Å². The van der Waals surface area contributed by atoms with Crippen LogP contribution in [0.3, 0.4) is 0 Å². The quantitative estimate of drug-likeness (QED) is 0.936. The Labute approximate surface area is 124 Å². The molecule has 0 radical (unpaired) electrons. The van der Waals surface area contributed by atoms with Crippen LogP contribution in [0.1, 0.15) is 23.5 Å². The fraction of sp³-hybridized carbons (Fsp3) is 0.333. The second kappa shape index (κ2) is 6.37. The number of nitrogens with zero attached hydrogens (tertiary/aromatic N) is 1. The van der Waals surface area contributed by atoms with E-state index in [1.807, 2.05) is 18.2 Å². The van der Waals surface area contributed by atoms with Gasteiger partial charge in [0.1, 0.15) is 5.82 Å². The molecule has 110 valence electrons. The highest BCUT2D eigenvalue weighted by Crippen LogP contribution is 2.29. The maximum atomic E-state index is 13.0. The summed E-state index contributed by atoms with van der Waals surface area (Å²) in [5.41, 5.74) is 2.30. The fourth-order valence-corrected chi connectivity index (χ4v) is 3.08. The van der Waals surface area contributed by atoms with Crippen molar-refractivity contribution in [2.24, 2.45) is 0 Å². The molecular formula is C18H20FNO. The molecule has 1 fully saturated rings. The molecule has 3 heteroatoms. The molecule has 2 aromatic carbocycles. The Bertz CT molecular complexity index is 570. The van der Waals surface area contributed by atoms with Crippen LogP contribution in [0.25, 0.3) is 0 Å². The number of piperidine rings is 1. The van der Waals surface area contributed by atoms with Crippen molar-refractivity contribution in [1.82, 2.24) is 4.90 Å². The van der Waals surface area contributed by atoms with Gasteiger partial charge in [-0.15, -0.1) is 0 Å². The second-order valence-corrected chi connectivity index (χ2v) is 5.73. The molecule has 0 bridgehead atoms. The molecular weight excluding hydrogens is 265 g/mol. The number of hydrogen-bond acceptors (Lipinski definition) is 2. The van der Waals surface area contributed by atoms with Gasteiger partial charge in [-0.25, -0.2) is 4.39 Å². The van der Waals surface area contributed by atoms with Crippen molar-refractivity contribution < 1.29 is 9.50 Å². The Balaban J connectivity index is 1.63. The molecule has 0 spiro atoms. The summed E-state index contributed by atoms with van der Waals surface area (Å²) in [6.45, 7) is 2.49. The van der Waals surface area contributed by atoms with E-state index in [0.29, 0.717) is 6.54 Å². The maximum absolute atomic E-state index is 13.0. The highest BCUT2D eigenvalue weighted by molar-refractivity contribution is 5.23. The van der Waals surface area contributed by atoms with E-state index in [1.54, 1.807) is 12.1 Å². The van der Waals surface area contributed by atoms with Gasteiger partial charge in [-0.2, -0.15) is 0 Å². The first-order valence-electron chi connectivity index (χ1n) is 7.42. The molecule has 3 rings (SSSR count). The Kier molecular flexibility index (Phi) is 4.32. The van der Waals surface area contributed by atoms with Crippen molar-refractivity contribution in [3.8, 4) is 0 Å². The minimum Gasteiger partial charge on any atom is -0.391 e. The van der Waals surface area contributed by atoms with Crippen LogP contribution in [0.4, 0.5) is 4.39 Å². The van der Waals surface area contributed by atoms with Crippen molar-refractivity contribution in [2.75, 3.05) is 13.1 Å². The van der Waals surface area contributed by atoms with Crippen molar-refractivity contribution in [3.63, 3.8) is 0 Å². The van der Waals surface area contributed by atoms with Crippen LogP contribution in [0.5, 0.6) is 0 Å². The zero-order valence-corrected chi connectivity index (χ0v) is 12.0. The third-order valence-electron chi connectivity index (χ3n) is 4.21. The van der Waals surface area contributed by atoms with Crippen LogP contribution in [-0.4, -0.2) is 29.2 Å². The number of benzene rings is 2. The number of aliphatic hydroxyl groups excluding tert-OH is 1. The van der Waals surface area contributed by atoms with Crippen molar-refractivity contribution >= 4 is 0 Å². The minimum absolute atomic E-state index is 0.109. The standard InChI is InChI=1S/C18H20FNO/c19-16-8-6-15(7-9-16)17-10-11-20(13-18(17)21)12-14-4-2-1-3-5-14/h1-9,17-18,21H,10-13H2/t17-,18+/m0/s1. The SMILES string of the molecule is O[C@@H]1CN(Cc2ccccc2)CC[C@H]1c1ccc(F)cc1. The number of rotatable bonds is 3. The summed E-state index contributed by atoms with van der Waals surface area (Å²) in [7, 11) is 0.